The van der Waals surface area contributed by atoms with Crippen LogP contribution in [0.5, 0.6) is 11.6 Å². The van der Waals surface area contributed by atoms with Gasteiger partial charge in [0.15, 0.2) is 0 Å². The maximum Gasteiger partial charge on any atom is 0.408 e. The van der Waals surface area contributed by atoms with Gasteiger partial charge in [0.2, 0.25) is 27.7 Å². The number of amides is 4. The molecule has 2 aliphatic carbocycles. The molecule has 2 aromatic carbocycles. The van der Waals surface area contributed by atoms with E-state index in [0.717, 1.165) is 10.9 Å². The molecule has 5 atom stereocenters. The molecule has 3 fully saturated rings. The average Bonchev–Trinajstić information content (AvgIpc) is 4.06. The zero-order chi connectivity index (χ0) is 39.9. The first kappa shape index (κ1) is 39.5. The highest BCUT2D eigenvalue weighted by Crippen LogP contribution is 2.45. The average molecular weight is 776 g/mol. The van der Waals surface area contributed by atoms with Crippen molar-refractivity contribution < 1.29 is 41.8 Å². The highest BCUT2D eigenvalue weighted by molar-refractivity contribution is 7.91. The molecule has 2 heterocycles. The van der Waals surface area contributed by atoms with E-state index in [1.54, 1.807) is 60.1 Å². The topological polar surface area (TPSA) is 182 Å². The number of pyridine rings is 1. The van der Waals surface area contributed by atoms with Crippen LogP contribution in [0.4, 0.5) is 4.79 Å². The van der Waals surface area contributed by atoms with Gasteiger partial charge >= 0.3 is 6.09 Å². The standard InChI is InChI=1S/C40H49N5O9S/c1-8-25-22-40(25,36(48)44-55(50,51)29-15-16-29)43-33(46)31-21-28(53-34-30-17-14-27(52-7)20-24(30)18-19-41-34)23-45(31)35(47)32(38(2,3)4)42-37(49)54-39(5,6)26-12-10-9-11-13-26/h8-14,17-20,25,28-29,31-32H,1,15-16,21-23H2,2-7H3,(H,42,49)(H,43,46)(H,44,48)/t25-,28-,31+,32-,40-/m1/s1. The number of likely N-dealkylation sites (tertiary alicyclic amines) is 1. The minimum atomic E-state index is -3.91. The molecule has 15 heteroatoms. The van der Waals surface area contributed by atoms with Crippen LogP contribution in [0.3, 0.4) is 0 Å². The molecular formula is C40H49N5O9S. The summed E-state index contributed by atoms with van der Waals surface area (Å²) in [6.45, 7) is 12.5. The minimum absolute atomic E-state index is 0.00493. The van der Waals surface area contributed by atoms with E-state index in [0.29, 0.717) is 24.0 Å². The van der Waals surface area contributed by atoms with Crippen molar-refractivity contribution >= 4 is 44.6 Å². The van der Waals surface area contributed by atoms with Gasteiger partial charge in [-0.2, -0.15) is 0 Å². The summed E-state index contributed by atoms with van der Waals surface area (Å²) in [5.41, 5.74) is -2.71. The number of nitrogens with one attached hydrogen (secondary N) is 3. The Morgan fingerprint density at radius 2 is 1.75 bits per heavy atom. The van der Waals surface area contributed by atoms with Gasteiger partial charge in [0.1, 0.15) is 35.1 Å². The number of rotatable bonds is 13. The number of carbonyl (C=O) groups is 4. The number of alkyl carbamates (subject to hydrolysis) is 1. The van der Waals surface area contributed by atoms with Gasteiger partial charge in [-0.15, -0.1) is 6.58 Å². The molecule has 0 spiro atoms. The molecule has 0 radical (unpaired) electrons. The fourth-order valence-corrected chi connectivity index (χ4v) is 8.36. The van der Waals surface area contributed by atoms with Crippen LogP contribution in [0.1, 0.15) is 65.9 Å². The quantitative estimate of drug-likeness (QED) is 0.211. The van der Waals surface area contributed by atoms with E-state index in [2.05, 4.69) is 26.9 Å². The largest absolute Gasteiger partial charge is 0.497 e. The molecule has 294 valence electrons. The number of ether oxygens (including phenoxy) is 3. The second kappa shape index (κ2) is 14.8. The molecule has 4 amide bonds. The summed E-state index contributed by atoms with van der Waals surface area (Å²) in [7, 11) is -2.35. The van der Waals surface area contributed by atoms with Gasteiger partial charge < -0.3 is 29.7 Å². The predicted octanol–water partition coefficient (Wildman–Crippen LogP) is 4.34. The highest BCUT2D eigenvalue weighted by atomic mass is 32.2. The summed E-state index contributed by atoms with van der Waals surface area (Å²) < 4.78 is 45.2. The van der Waals surface area contributed by atoms with Gasteiger partial charge in [-0.3, -0.25) is 19.1 Å². The Labute approximate surface area is 321 Å². The number of nitrogens with zero attached hydrogens (tertiary/aromatic N) is 2. The van der Waals surface area contributed by atoms with E-state index in [1.165, 1.54) is 11.0 Å². The molecule has 3 aliphatic rings. The number of hydrogen-bond acceptors (Lipinski definition) is 10. The number of hydrogen-bond donors (Lipinski definition) is 3. The Bertz CT molecular complexity index is 2100. The van der Waals surface area contributed by atoms with E-state index in [-0.39, 0.29) is 25.3 Å². The molecule has 1 aliphatic heterocycles. The third-order valence-electron chi connectivity index (χ3n) is 10.5. The molecule has 0 bridgehead atoms. The molecule has 3 N–H and O–H groups in total. The summed E-state index contributed by atoms with van der Waals surface area (Å²) in [6.07, 6.45) is 2.56. The summed E-state index contributed by atoms with van der Waals surface area (Å²) in [4.78, 5) is 61.8. The van der Waals surface area contributed by atoms with Crippen molar-refractivity contribution in [1.29, 1.82) is 0 Å². The van der Waals surface area contributed by atoms with Crippen LogP contribution in [-0.2, 0) is 34.7 Å². The molecule has 2 saturated carbocycles. The van der Waals surface area contributed by atoms with Crippen molar-refractivity contribution in [3.8, 4) is 11.6 Å². The monoisotopic (exact) mass is 775 g/mol. The summed E-state index contributed by atoms with van der Waals surface area (Å²) in [6, 6.07) is 14.1. The lowest BCUT2D eigenvalue weighted by Crippen LogP contribution is -2.60. The van der Waals surface area contributed by atoms with Gasteiger partial charge in [-0.1, -0.05) is 57.2 Å². The number of sulfonamides is 1. The van der Waals surface area contributed by atoms with Crippen LogP contribution in [0, 0.1) is 11.3 Å². The van der Waals surface area contributed by atoms with E-state index in [9.17, 15) is 27.6 Å². The summed E-state index contributed by atoms with van der Waals surface area (Å²) in [5, 5.41) is 6.39. The van der Waals surface area contributed by atoms with Gasteiger partial charge in [0, 0.05) is 23.9 Å². The zero-order valence-electron chi connectivity index (χ0n) is 32.0. The first-order valence-electron chi connectivity index (χ1n) is 18.3. The maximum absolute atomic E-state index is 14.7. The van der Waals surface area contributed by atoms with E-state index in [1.807, 2.05) is 42.5 Å². The molecule has 6 rings (SSSR count). The van der Waals surface area contributed by atoms with Crippen molar-refractivity contribution in [2.45, 2.75) is 94.9 Å². The smallest absolute Gasteiger partial charge is 0.408 e. The SMILES string of the molecule is C=C[C@@H]1C[C@]1(NC(=O)[C@@H]1C[C@@H](Oc2nccc3cc(OC)ccc23)CN1C(=O)[C@@H](NC(=O)OC(C)(C)c1ccccc1)C(C)(C)C)C(=O)NS(=O)(=O)C1CC1. The minimum Gasteiger partial charge on any atom is -0.497 e. The molecular weight excluding hydrogens is 727 g/mol. The first-order chi connectivity index (χ1) is 25.9. The van der Waals surface area contributed by atoms with Gasteiger partial charge in [0.25, 0.3) is 5.91 Å². The Balaban J connectivity index is 1.28. The fourth-order valence-electron chi connectivity index (χ4n) is 6.99. The predicted molar refractivity (Wildman–Crippen MR) is 204 cm³/mol. The van der Waals surface area contributed by atoms with Crippen LogP contribution in [0.25, 0.3) is 10.8 Å². The highest BCUT2D eigenvalue weighted by Gasteiger charge is 2.62. The lowest BCUT2D eigenvalue weighted by atomic mass is 9.85. The van der Waals surface area contributed by atoms with Crippen molar-refractivity contribution in [1.82, 2.24) is 25.2 Å². The lowest BCUT2D eigenvalue weighted by Gasteiger charge is -2.36. The number of aromatic nitrogens is 1. The van der Waals surface area contributed by atoms with Crippen molar-refractivity contribution in [2.24, 2.45) is 11.3 Å². The molecule has 55 heavy (non-hydrogen) atoms. The van der Waals surface area contributed by atoms with Crippen molar-refractivity contribution in [3.63, 3.8) is 0 Å². The first-order valence-corrected chi connectivity index (χ1v) is 19.9. The second-order valence-corrected chi connectivity index (χ2v) is 18.0. The summed E-state index contributed by atoms with van der Waals surface area (Å²) in [5.74, 6) is -1.72. The number of methoxy groups -OCH3 is 1. The number of benzene rings is 2. The van der Waals surface area contributed by atoms with Gasteiger partial charge in [-0.05, 0) is 73.7 Å². The third kappa shape index (κ3) is 8.41. The number of fused-ring (bicyclic) bond motifs is 1. The molecule has 14 nitrogen and oxygen atoms in total. The van der Waals surface area contributed by atoms with Crippen LogP contribution in [0.2, 0.25) is 0 Å². The third-order valence-corrected chi connectivity index (χ3v) is 12.3. The summed E-state index contributed by atoms with van der Waals surface area (Å²) >= 11 is 0. The Morgan fingerprint density at radius 1 is 1.04 bits per heavy atom. The van der Waals surface area contributed by atoms with Crippen LogP contribution >= 0.6 is 0 Å². The fraction of sp³-hybridized carbons (Fsp3) is 0.475. The second-order valence-electron chi connectivity index (χ2n) is 16.1. The van der Waals surface area contributed by atoms with Crippen LogP contribution in [-0.4, -0.2) is 84.7 Å². The van der Waals surface area contributed by atoms with Crippen molar-refractivity contribution in [2.75, 3.05) is 13.7 Å². The van der Waals surface area contributed by atoms with Crippen LogP contribution in [0.15, 0.2) is 73.4 Å². The van der Waals surface area contributed by atoms with Crippen LogP contribution < -0.4 is 24.8 Å². The van der Waals surface area contributed by atoms with E-state index in [4.69, 9.17) is 14.2 Å². The van der Waals surface area contributed by atoms with E-state index >= 15 is 0 Å². The Kier molecular flexibility index (Phi) is 10.6. The van der Waals surface area contributed by atoms with E-state index < -0.39 is 79.7 Å². The maximum atomic E-state index is 14.7. The van der Waals surface area contributed by atoms with Crippen molar-refractivity contribution in [3.05, 3.63) is 79.0 Å². The molecule has 1 saturated heterocycles. The zero-order valence-corrected chi connectivity index (χ0v) is 32.8. The van der Waals surface area contributed by atoms with Gasteiger partial charge in [0.05, 0.1) is 18.9 Å². The lowest BCUT2D eigenvalue weighted by molar-refractivity contribution is -0.143. The number of carbonyl (C=O) groups excluding carboxylic acids is 4. The Morgan fingerprint density at radius 3 is 2.36 bits per heavy atom. The molecule has 3 aromatic rings. The van der Waals surface area contributed by atoms with Gasteiger partial charge in [-0.25, -0.2) is 18.2 Å². The normalized spacial score (nSPS) is 22.9. The molecule has 1 aromatic heterocycles. The Hall–Kier alpha value is -5.18. The molecule has 0 unspecified atom stereocenters.